The van der Waals surface area contributed by atoms with E-state index in [9.17, 15) is 9.90 Å². The third-order valence-corrected chi connectivity index (χ3v) is 3.34. The van der Waals surface area contributed by atoms with Crippen LogP contribution in [0.3, 0.4) is 0 Å². The summed E-state index contributed by atoms with van der Waals surface area (Å²) in [5.41, 5.74) is 0.702. The highest BCUT2D eigenvalue weighted by Crippen LogP contribution is 2.25. The summed E-state index contributed by atoms with van der Waals surface area (Å²) in [6.45, 7) is 1.80. The molecule has 0 saturated heterocycles. The zero-order valence-corrected chi connectivity index (χ0v) is 10.9. The van der Waals surface area contributed by atoms with Crippen LogP contribution in [0.15, 0.2) is 29.4 Å². The monoisotopic (exact) mass is 280 g/mol. The molecule has 0 amide bonds. The number of rotatable bonds is 5. The number of benzene rings is 1. The maximum absolute atomic E-state index is 10.6. The van der Waals surface area contributed by atoms with Gasteiger partial charge in [-0.1, -0.05) is 18.7 Å². The van der Waals surface area contributed by atoms with Gasteiger partial charge in [0.05, 0.1) is 12.1 Å². The van der Waals surface area contributed by atoms with E-state index in [0.717, 1.165) is 0 Å². The van der Waals surface area contributed by atoms with Crippen molar-refractivity contribution in [1.29, 1.82) is 0 Å². The molecule has 0 radical (unpaired) electrons. The molecule has 2 rings (SSSR count). The molecule has 1 aromatic carbocycles. The van der Waals surface area contributed by atoms with Crippen molar-refractivity contribution in [2.45, 2.75) is 23.8 Å². The van der Waals surface area contributed by atoms with E-state index in [1.807, 2.05) is 0 Å². The summed E-state index contributed by atoms with van der Waals surface area (Å²) < 4.78 is 1.50. The van der Waals surface area contributed by atoms with Crippen molar-refractivity contribution in [3.8, 4) is 11.4 Å². The van der Waals surface area contributed by atoms with Crippen LogP contribution in [-0.4, -0.2) is 41.6 Å². The predicted octanol–water partition coefficient (Wildman–Crippen LogP) is 1.32. The average Bonchev–Trinajstić information content (AvgIpc) is 2.77. The van der Waals surface area contributed by atoms with Gasteiger partial charge in [0.15, 0.2) is 0 Å². The number of aromatic nitrogens is 4. The van der Waals surface area contributed by atoms with Crippen LogP contribution >= 0.6 is 11.8 Å². The maximum Gasteiger partial charge on any atom is 0.304 e. The summed E-state index contributed by atoms with van der Waals surface area (Å²) in [6, 6.07) is 6.42. The minimum atomic E-state index is -0.858. The highest BCUT2D eigenvalue weighted by Gasteiger charge is 2.15. The van der Waals surface area contributed by atoms with Crippen LogP contribution in [0.1, 0.15) is 13.3 Å². The van der Waals surface area contributed by atoms with Crippen molar-refractivity contribution in [2.24, 2.45) is 0 Å². The highest BCUT2D eigenvalue weighted by molar-refractivity contribution is 7.99. The Morgan fingerprint density at radius 3 is 2.74 bits per heavy atom. The molecule has 0 bridgehead atoms. The molecule has 0 aliphatic carbocycles. The largest absolute Gasteiger partial charge is 0.508 e. The first-order chi connectivity index (χ1) is 9.06. The minimum absolute atomic E-state index is 0.0348. The van der Waals surface area contributed by atoms with Gasteiger partial charge >= 0.3 is 5.97 Å². The minimum Gasteiger partial charge on any atom is -0.508 e. The molecule has 0 aliphatic heterocycles. The van der Waals surface area contributed by atoms with Gasteiger partial charge < -0.3 is 10.2 Å². The molecule has 7 nitrogen and oxygen atoms in total. The van der Waals surface area contributed by atoms with E-state index in [1.165, 1.54) is 28.6 Å². The molecule has 19 heavy (non-hydrogen) atoms. The Morgan fingerprint density at radius 2 is 2.11 bits per heavy atom. The van der Waals surface area contributed by atoms with Crippen LogP contribution in [0.4, 0.5) is 0 Å². The van der Waals surface area contributed by atoms with Crippen LogP contribution in [0.5, 0.6) is 5.75 Å². The van der Waals surface area contributed by atoms with Gasteiger partial charge in [-0.15, -0.1) is 5.10 Å². The first-order valence-electron chi connectivity index (χ1n) is 5.52. The Bertz CT molecular complexity index is 570. The van der Waals surface area contributed by atoms with Gasteiger partial charge in [-0.3, -0.25) is 4.79 Å². The Labute approximate surface area is 113 Å². The molecule has 8 heteroatoms. The quantitative estimate of drug-likeness (QED) is 0.796. The average molecular weight is 280 g/mol. The van der Waals surface area contributed by atoms with Crippen molar-refractivity contribution >= 4 is 17.7 Å². The van der Waals surface area contributed by atoms with Gasteiger partial charge in [0, 0.05) is 5.25 Å². The molecule has 2 N–H and O–H groups in total. The molecule has 1 heterocycles. The van der Waals surface area contributed by atoms with Crippen LogP contribution in [-0.2, 0) is 4.79 Å². The molecule has 1 atom stereocenters. The summed E-state index contributed by atoms with van der Waals surface area (Å²) >= 11 is 1.29. The van der Waals surface area contributed by atoms with Crippen LogP contribution < -0.4 is 0 Å². The number of carboxylic acids is 1. The normalized spacial score (nSPS) is 12.3. The number of tetrazole rings is 1. The first kappa shape index (κ1) is 13.3. The molecule has 1 aromatic heterocycles. The number of carbonyl (C=O) groups is 1. The third kappa shape index (κ3) is 3.44. The lowest BCUT2D eigenvalue weighted by Crippen LogP contribution is -2.07. The number of hydrogen-bond acceptors (Lipinski definition) is 6. The predicted molar refractivity (Wildman–Crippen MR) is 68.4 cm³/mol. The fourth-order valence-corrected chi connectivity index (χ4v) is 2.39. The molecule has 0 saturated carbocycles. The van der Waals surface area contributed by atoms with Crippen LogP contribution in [0.2, 0.25) is 0 Å². The molecule has 1 unspecified atom stereocenters. The van der Waals surface area contributed by atoms with Crippen molar-refractivity contribution in [3.63, 3.8) is 0 Å². The molecular formula is C11H12N4O3S. The molecule has 0 spiro atoms. The van der Waals surface area contributed by atoms with Gasteiger partial charge in [-0.25, -0.2) is 0 Å². The molecule has 2 aromatic rings. The highest BCUT2D eigenvalue weighted by atomic mass is 32.2. The lowest BCUT2D eigenvalue weighted by Gasteiger charge is -2.08. The zero-order valence-electron chi connectivity index (χ0n) is 10.1. The van der Waals surface area contributed by atoms with Crippen molar-refractivity contribution in [3.05, 3.63) is 24.3 Å². The SMILES string of the molecule is CC(CC(=O)O)Sc1nnnn1-c1ccc(O)cc1. The number of thioether (sulfide) groups is 1. The fraction of sp³-hybridized carbons (Fsp3) is 0.273. The molecule has 0 aliphatic rings. The number of phenolic OH excluding ortho intramolecular Hbond substituents is 1. The second kappa shape index (κ2) is 5.70. The Morgan fingerprint density at radius 1 is 1.42 bits per heavy atom. The number of phenols is 1. The van der Waals surface area contributed by atoms with E-state index in [1.54, 1.807) is 19.1 Å². The number of hydrogen-bond donors (Lipinski definition) is 2. The van der Waals surface area contributed by atoms with E-state index < -0.39 is 5.97 Å². The van der Waals surface area contributed by atoms with Crippen molar-refractivity contribution < 1.29 is 15.0 Å². The van der Waals surface area contributed by atoms with E-state index in [0.29, 0.717) is 10.8 Å². The fourth-order valence-electron chi connectivity index (χ4n) is 1.48. The Kier molecular flexibility index (Phi) is 4.00. The standard InChI is InChI=1S/C11H12N4O3S/c1-7(6-10(17)18)19-11-12-13-14-15(11)8-2-4-9(16)5-3-8/h2-5,7,16H,6H2,1H3,(H,17,18). The van der Waals surface area contributed by atoms with Crippen molar-refractivity contribution in [1.82, 2.24) is 20.2 Å². The Balaban J connectivity index is 2.18. The van der Waals surface area contributed by atoms with Gasteiger partial charge in [0.2, 0.25) is 5.16 Å². The van der Waals surface area contributed by atoms with E-state index in [-0.39, 0.29) is 17.4 Å². The molecular weight excluding hydrogens is 268 g/mol. The van der Waals surface area contributed by atoms with Gasteiger partial charge in [0.1, 0.15) is 5.75 Å². The number of aromatic hydroxyl groups is 1. The van der Waals surface area contributed by atoms with Gasteiger partial charge in [0.25, 0.3) is 0 Å². The maximum atomic E-state index is 10.6. The lowest BCUT2D eigenvalue weighted by atomic mass is 10.3. The number of aliphatic carboxylic acids is 1. The van der Waals surface area contributed by atoms with E-state index in [2.05, 4.69) is 15.5 Å². The van der Waals surface area contributed by atoms with Gasteiger partial charge in [-0.2, -0.15) is 4.68 Å². The van der Waals surface area contributed by atoms with Crippen molar-refractivity contribution in [2.75, 3.05) is 0 Å². The topological polar surface area (TPSA) is 101 Å². The third-order valence-electron chi connectivity index (χ3n) is 2.30. The molecule has 0 fully saturated rings. The van der Waals surface area contributed by atoms with Gasteiger partial charge in [-0.05, 0) is 34.7 Å². The summed E-state index contributed by atoms with van der Waals surface area (Å²) in [7, 11) is 0. The van der Waals surface area contributed by atoms with Crippen LogP contribution in [0.25, 0.3) is 5.69 Å². The number of nitrogens with zero attached hydrogens (tertiary/aromatic N) is 4. The second-order valence-corrected chi connectivity index (χ2v) is 5.32. The summed E-state index contributed by atoms with van der Waals surface area (Å²) in [5, 5.41) is 29.7. The van der Waals surface area contributed by atoms with Crippen LogP contribution in [0, 0.1) is 0 Å². The molecule has 100 valence electrons. The summed E-state index contributed by atoms with van der Waals surface area (Å²) in [5.74, 6) is -0.700. The Hall–Kier alpha value is -2.09. The summed E-state index contributed by atoms with van der Waals surface area (Å²) in [4.78, 5) is 10.6. The summed E-state index contributed by atoms with van der Waals surface area (Å²) in [6.07, 6.45) is 0.0348. The van der Waals surface area contributed by atoms with E-state index >= 15 is 0 Å². The lowest BCUT2D eigenvalue weighted by molar-refractivity contribution is -0.136. The first-order valence-corrected chi connectivity index (χ1v) is 6.40. The second-order valence-electron chi connectivity index (χ2n) is 3.92. The zero-order chi connectivity index (χ0) is 13.8. The smallest absolute Gasteiger partial charge is 0.304 e. The number of carboxylic acid groups (broad SMARTS) is 1. The van der Waals surface area contributed by atoms with E-state index in [4.69, 9.17) is 5.11 Å².